The van der Waals surface area contributed by atoms with Gasteiger partial charge < -0.3 is 10.1 Å². The Morgan fingerprint density at radius 3 is 2.69 bits per heavy atom. The molecule has 182 valence electrons. The summed E-state index contributed by atoms with van der Waals surface area (Å²) in [6.45, 7) is -0.126. The largest absolute Gasteiger partial charge is 0.481 e. The Balaban J connectivity index is 1.38. The van der Waals surface area contributed by atoms with Gasteiger partial charge in [-0.1, -0.05) is 24.3 Å². The number of aromatic nitrogens is 4. The summed E-state index contributed by atoms with van der Waals surface area (Å²) in [4.78, 5) is 29.0. The van der Waals surface area contributed by atoms with E-state index in [9.17, 15) is 27.2 Å². The van der Waals surface area contributed by atoms with Crippen molar-refractivity contribution < 1.29 is 27.1 Å². The number of nitrogens with one attached hydrogen (secondary N) is 1. The fourth-order valence-corrected chi connectivity index (χ4v) is 3.37. The molecule has 0 aliphatic carbocycles. The van der Waals surface area contributed by atoms with Gasteiger partial charge >= 0.3 is 6.18 Å². The lowest BCUT2D eigenvalue weighted by atomic mass is 10.1. The van der Waals surface area contributed by atoms with Crippen molar-refractivity contribution in [2.45, 2.75) is 19.3 Å². The molecular weight excluding hydrogens is 470 g/mol. The third-order valence-corrected chi connectivity index (χ3v) is 5.07. The number of rotatable bonds is 8. The van der Waals surface area contributed by atoms with E-state index in [1.54, 1.807) is 6.07 Å². The summed E-state index contributed by atoms with van der Waals surface area (Å²) < 4.78 is 60.1. The van der Waals surface area contributed by atoms with Gasteiger partial charge in [0.1, 0.15) is 11.7 Å². The molecule has 4 rings (SSSR count). The van der Waals surface area contributed by atoms with Gasteiger partial charge in [-0.05, 0) is 29.8 Å². The Kier molecular flexibility index (Phi) is 6.80. The molecule has 0 radical (unpaired) electrons. The number of benzene rings is 2. The van der Waals surface area contributed by atoms with Gasteiger partial charge in [-0.2, -0.15) is 18.3 Å². The molecule has 0 aliphatic heterocycles. The summed E-state index contributed by atoms with van der Waals surface area (Å²) >= 11 is 0. The zero-order valence-corrected chi connectivity index (χ0v) is 18.1. The number of fused-ring (bicyclic) bond motifs is 1. The summed E-state index contributed by atoms with van der Waals surface area (Å²) in [5.74, 6) is -1.08. The maximum atomic E-state index is 13.5. The Morgan fingerprint density at radius 1 is 1.11 bits per heavy atom. The highest BCUT2D eigenvalue weighted by Gasteiger charge is 2.30. The first-order valence-corrected chi connectivity index (χ1v) is 10.4. The number of amides is 1. The monoisotopic (exact) mass is 489 g/mol. The lowest BCUT2D eigenvalue weighted by molar-refractivity contribution is -0.137. The fourth-order valence-electron chi connectivity index (χ4n) is 3.37. The van der Waals surface area contributed by atoms with Crippen LogP contribution in [0.1, 0.15) is 11.1 Å². The van der Waals surface area contributed by atoms with Crippen molar-refractivity contribution in [3.63, 3.8) is 0 Å². The molecule has 0 saturated heterocycles. The Hall–Kier alpha value is -4.22. The van der Waals surface area contributed by atoms with E-state index in [0.717, 1.165) is 12.1 Å². The summed E-state index contributed by atoms with van der Waals surface area (Å²) in [5, 5.41) is 6.90. The maximum Gasteiger partial charge on any atom is 0.416 e. The summed E-state index contributed by atoms with van der Waals surface area (Å²) in [6.07, 6.45) is -1.93. The number of ether oxygens (including phenoxy) is 1. The third-order valence-electron chi connectivity index (χ3n) is 5.07. The van der Waals surface area contributed by atoms with Crippen LogP contribution in [0, 0.1) is 5.82 Å². The molecule has 35 heavy (non-hydrogen) atoms. The molecule has 1 N–H and O–H groups in total. The maximum absolute atomic E-state index is 13.5. The van der Waals surface area contributed by atoms with Crippen LogP contribution in [0.25, 0.3) is 11.0 Å². The predicted octanol–water partition coefficient (Wildman–Crippen LogP) is 2.99. The van der Waals surface area contributed by atoms with Crippen LogP contribution in [0.5, 0.6) is 5.75 Å². The van der Waals surface area contributed by atoms with Crippen molar-refractivity contribution in [2.75, 3.05) is 13.2 Å². The second-order valence-corrected chi connectivity index (χ2v) is 7.55. The number of carbonyl (C=O) groups excluding carboxylic acids is 1. The topological polar surface area (TPSA) is 91.0 Å². The number of carbonyl (C=O) groups is 1. The molecular formula is C23H19F4N5O3. The number of halogens is 4. The van der Waals surface area contributed by atoms with Gasteiger partial charge in [0.05, 0.1) is 24.8 Å². The van der Waals surface area contributed by atoms with E-state index in [1.165, 1.54) is 52.1 Å². The smallest absolute Gasteiger partial charge is 0.416 e. The van der Waals surface area contributed by atoms with Gasteiger partial charge in [0.15, 0.2) is 23.8 Å². The number of hydrogen-bond donors (Lipinski definition) is 1. The molecule has 2 heterocycles. The fraction of sp³-hybridized carbons (Fsp3) is 0.217. The molecule has 2 aromatic heterocycles. The minimum absolute atomic E-state index is 0.0358. The van der Waals surface area contributed by atoms with Gasteiger partial charge in [0.2, 0.25) is 0 Å². The second-order valence-electron chi connectivity index (χ2n) is 7.55. The lowest BCUT2D eigenvalue weighted by Gasteiger charge is -2.10. The second kappa shape index (κ2) is 9.95. The molecule has 8 nitrogen and oxygen atoms in total. The van der Waals surface area contributed by atoms with Crippen LogP contribution in [0.4, 0.5) is 17.6 Å². The number of hydrogen-bond acceptors (Lipinski definition) is 5. The lowest BCUT2D eigenvalue weighted by Crippen LogP contribution is -2.32. The van der Waals surface area contributed by atoms with Crippen LogP contribution < -0.4 is 15.6 Å². The normalized spacial score (nSPS) is 11.5. The SMILES string of the molecule is O=C(COc1ccccc1F)NCCn1ncc2c(=O)n(Cc3cccc(C(F)(F)F)c3)cnc21. The van der Waals surface area contributed by atoms with Crippen molar-refractivity contribution >= 4 is 16.9 Å². The van der Waals surface area contributed by atoms with E-state index in [2.05, 4.69) is 15.4 Å². The predicted molar refractivity (Wildman–Crippen MR) is 117 cm³/mol. The van der Waals surface area contributed by atoms with E-state index in [1.807, 2.05) is 0 Å². The van der Waals surface area contributed by atoms with E-state index in [0.29, 0.717) is 5.56 Å². The molecule has 0 saturated carbocycles. The van der Waals surface area contributed by atoms with E-state index in [-0.39, 0.29) is 43.0 Å². The van der Waals surface area contributed by atoms with Crippen LogP contribution in [0.15, 0.2) is 65.8 Å². The van der Waals surface area contributed by atoms with Crippen LogP contribution in [-0.4, -0.2) is 38.4 Å². The molecule has 12 heteroatoms. The van der Waals surface area contributed by atoms with Gasteiger partial charge in [-0.25, -0.2) is 14.1 Å². The first kappa shape index (κ1) is 23.9. The molecule has 0 aliphatic rings. The van der Waals surface area contributed by atoms with Crippen LogP contribution >= 0.6 is 0 Å². The third kappa shape index (κ3) is 5.65. The molecule has 0 fully saturated rings. The zero-order valence-electron chi connectivity index (χ0n) is 18.1. The van der Waals surface area contributed by atoms with Crippen LogP contribution in [0.2, 0.25) is 0 Å². The van der Waals surface area contributed by atoms with Crippen LogP contribution in [0.3, 0.4) is 0 Å². The molecule has 4 aromatic rings. The van der Waals surface area contributed by atoms with Gasteiger partial charge in [-0.3, -0.25) is 14.2 Å². The van der Waals surface area contributed by atoms with Crippen molar-refractivity contribution in [1.29, 1.82) is 0 Å². The van der Waals surface area contributed by atoms with E-state index >= 15 is 0 Å². The molecule has 0 bridgehead atoms. The number of nitrogens with zero attached hydrogens (tertiary/aromatic N) is 4. The van der Waals surface area contributed by atoms with Crippen molar-refractivity contribution in [3.05, 3.63) is 88.4 Å². The summed E-state index contributed by atoms with van der Waals surface area (Å²) in [6, 6.07) is 10.4. The average Bonchev–Trinajstić information content (AvgIpc) is 3.24. The quantitative estimate of drug-likeness (QED) is 0.385. The molecule has 2 aromatic carbocycles. The molecule has 1 amide bonds. The van der Waals surface area contributed by atoms with Gasteiger partial charge in [-0.15, -0.1) is 0 Å². The number of para-hydroxylation sites is 1. The average molecular weight is 489 g/mol. The summed E-state index contributed by atoms with van der Waals surface area (Å²) in [7, 11) is 0. The minimum atomic E-state index is -4.48. The first-order chi connectivity index (χ1) is 16.7. The summed E-state index contributed by atoms with van der Waals surface area (Å²) in [5.41, 5.74) is -0.685. The highest BCUT2D eigenvalue weighted by molar-refractivity contribution is 5.77. The number of alkyl halides is 3. The highest BCUT2D eigenvalue weighted by atomic mass is 19.4. The van der Waals surface area contributed by atoms with Gasteiger partial charge in [0.25, 0.3) is 11.5 Å². The van der Waals surface area contributed by atoms with E-state index < -0.39 is 29.0 Å². The highest BCUT2D eigenvalue weighted by Crippen LogP contribution is 2.29. The Bertz CT molecular complexity index is 1410. The molecule has 0 spiro atoms. The van der Waals surface area contributed by atoms with Crippen LogP contribution in [-0.2, 0) is 24.1 Å². The van der Waals surface area contributed by atoms with Crippen molar-refractivity contribution in [2.24, 2.45) is 0 Å². The van der Waals surface area contributed by atoms with Crippen molar-refractivity contribution in [3.8, 4) is 5.75 Å². The molecule has 0 unspecified atom stereocenters. The standard InChI is InChI=1S/C23H19F4N5O3/c24-18-6-1-2-7-19(18)35-13-20(33)28-8-9-32-21-17(11-30-32)22(34)31(14-29-21)12-15-4-3-5-16(10-15)23(25,26)27/h1-7,10-11,14H,8-9,12-13H2,(H,28,33). The minimum Gasteiger partial charge on any atom is -0.481 e. The molecule has 0 atom stereocenters. The van der Waals surface area contributed by atoms with E-state index in [4.69, 9.17) is 4.74 Å². The Labute approximate surface area is 195 Å². The zero-order chi connectivity index (χ0) is 25.0. The van der Waals surface area contributed by atoms with Crippen molar-refractivity contribution in [1.82, 2.24) is 24.6 Å². The Morgan fingerprint density at radius 2 is 1.91 bits per heavy atom. The van der Waals surface area contributed by atoms with Gasteiger partial charge in [0, 0.05) is 6.54 Å². The first-order valence-electron chi connectivity index (χ1n) is 10.4.